The number of thioether (sulfide) groups is 1. The summed E-state index contributed by atoms with van der Waals surface area (Å²) in [5.74, 6) is -0.729. The van der Waals surface area contributed by atoms with Crippen LogP contribution >= 0.6 is 35.3 Å². The number of ether oxygens (including phenoxy) is 1. The lowest BCUT2D eigenvalue weighted by molar-refractivity contribution is -0.151. The van der Waals surface area contributed by atoms with Gasteiger partial charge in [0.15, 0.2) is 6.04 Å². The lowest BCUT2D eigenvalue weighted by Crippen LogP contribution is -2.38. The van der Waals surface area contributed by atoms with Crippen molar-refractivity contribution in [1.29, 1.82) is 0 Å². The number of thiocarbonyl (C=S) groups is 1. The first-order chi connectivity index (χ1) is 13.0. The highest BCUT2D eigenvalue weighted by Gasteiger charge is 2.42. The van der Waals surface area contributed by atoms with Gasteiger partial charge in [-0.05, 0) is 42.0 Å². The van der Waals surface area contributed by atoms with Crippen molar-refractivity contribution in [3.8, 4) is 0 Å². The molecule has 0 spiro atoms. The van der Waals surface area contributed by atoms with Crippen LogP contribution in [0.1, 0.15) is 35.4 Å². The van der Waals surface area contributed by atoms with Gasteiger partial charge in [-0.1, -0.05) is 61.2 Å². The summed E-state index contributed by atoms with van der Waals surface area (Å²) in [6.07, 6.45) is 2.56. The van der Waals surface area contributed by atoms with Crippen LogP contribution in [0.2, 0.25) is 0 Å². The number of nitrogens with zero attached hydrogens (tertiary/aromatic N) is 1. The Morgan fingerprint density at radius 2 is 2.04 bits per heavy atom. The van der Waals surface area contributed by atoms with Gasteiger partial charge in [0, 0.05) is 4.88 Å². The van der Waals surface area contributed by atoms with Crippen molar-refractivity contribution >= 4 is 57.6 Å². The van der Waals surface area contributed by atoms with Gasteiger partial charge in [-0.2, -0.15) is 0 Å². The van der Waals surface area contributed by atoms with E-state index in [0.717, 1.165) is 10.4 Å². The Balaban J connectivity index is 1.95. The lowest BCUT2D eigenvalue weighted by Gasteiger charge is -2.25. The number of esters is 1. The third-order valence-electron chi connectivity index (χ3n) is 4.03. The molecule has 1 atom stereocenters. The quantitative estimate of drug-likeness (QED) is 0.378. The van der Waals surface area contributed by atoms with Gasteiger partial charge in [-0.15, -0.1) is 11.3 Å². The minimum atomic E-state index is -0.874. The van der Waals surface area contributed by atoms with E-state index in [-0.39, 0.29) is 5.91 Å². The van der Waals surface area contributed by atoms with Crippen LogP contribution in [-0.2, 0) is 14.3 Å². The van der Waals surface area contributed by atoms with E-state index in [0.29, 0.717) is 27.8 Å². The number of hydrogen-bond acceptors (Lipinski definition) is 6. The highest BCUT2D eigenvalue weighted by molar-refractivity contribution is 8.26. The molecule has 2 heterocycles. The molecule has 0 bridgehead atoms. The van der Waals surface area contributed by atoms with Crippen molar-refractivity contribution in [2.45, 2.75) is 26.3 Å². The molecule has 2 aromatic rings. The molecule has 0 N–H and O–H groups in total. The zero-order valence-electron chi connectivity index (χ0n) is 15.0. The van der Waals surface area contributed by atoms with Crippen LogP contribution in [-0.4, -0.2) is 27.7 Å². The summed E-state index contributed by atoms with van der Waals surface area (Å²) >= 11 is 8.24. The molecule has 4 nitrogen and oxygen atoms in total. The molecule has 140 valence electrons. The Morgan fingerprint density at radius 3 is 2.67 bits per heavy atom. The number of benzene rings is 1. The van der Waals surface area contributed by atoms with Crippen molar-refractivity contribution in [3.63, 3.8) is 0 Å². The third-order valence-corrected chi connectivity index (χ3v) is 6.33. The summed E-state index contributed by atoms with van der Waals surface area (Å²) in [5, 5.41) is 1.98. The summed E-state index contributed by atoms with van der Waals surface area (Å²) in [6, 6.07) is 10.3. The number of carbonyl (C=O) groups is 2. The van der Waals surface area contributed by atoms with Crippen LogP contribution in [0.3, 0.4) is 0 Å². The highest BCUT2D eigenvalue weighted by atomic mass is 32.2. The second kappa shape index (κ2) is 8.82. The molecule has 1 aliphatic heterocycles. The van der Waals surface area contributed by atoms with E-state index in [9.17, 15) is 9.59 Å². The average molecular weight is 418 g/mol. The molecule has 1 saturated heterocycles. The Morgan fingerprint density at radius 1 is 1.30 bits per heavy atom. The molecule has 1 unspecified atom stereocenters. The Labute approximate surface area is 172 Å². The minimum Gasteiger partial charge on any atom is -0.464 e. The molecule has 1 aromatic carbocycles. The van der Waals surface area contributed by atoms with E-state index >= 15 is 0 Å². The molecule has 0 radical (unpaired) electrons. The fraction of sp³-hybridized carbons (Fsp3) is 0.250. The van der Waals surface area contributed by atoms with Gasteiger partial charge in [0.05, 0.1) is 11.5 Å². The van der Waals surface area contributed by atoms with Gasteiger partial charge >= 0.3 is 5.97 Å². The number of amides is 1. The van der Waals surface area contributed by atoms with Crippen LogP contribution in [0, 0.1) is 6.92 Å². The smallest absolute Gasteiger partial charge is 0.333 e. The SMILES string of the molecule is CCCOC(=O)C(c1ccccc1)N1C(=O)/C(=C\c2sccc2C)SC1=S. The summed E-state index contributed by atoms with van der Waals surface area (Å²) < 4.78 is 5.72. The van der Waals surface area contributed by atoms with Gasteiger partial charge in [0.1, 0.15) is 4.32 Å². The fourth-order valence-corrected chi connectivity index (χ4v) is 4.89. The normalized spacial score (nSPS) is 16.8. The first kappa shape index (κ1) is 19.8. The third kappa shape index (κ3) is 4.31. The average Bonchev–Trinajstić information content (AvgIpc) is 3.19. The maximum atomic E-state index is 13.1. The molecule has 1 aliphatic rings. The van der Waals surface area contributed by atoms with E-state index < -0.39 is 12.0 Å². The fourth-order valence-electron chi connectivity index (χ4n) is 2.66. The highest BCUT2D eigenvalue weighted by Crippen LogP contribution is 2.39. The Bertz CT molecular complexity index is 889. The van der Waals surface area contributed by atoms with Gasteiger partial charge < -0.3 is 4.74 Å². The first-order valence-corrected chi connectivity index (χ1v) is 10.7. The number of hydrogen-bond donors (Lipinski definition) is 0. The van der Waals surface area contributed by atoms with Crippen LogP contribution in [0.5, 0.6) is 0 Å². The largest absolute Gasteiger partial charge is 0.464 e. The number of rotatable bonds is 6. The number of carbonyl (C=O) groups excluding carboxylic acids is 2. The van der Waals surface area contributed by atoms with Crippen LogP contribution in [0.4, 0.5) is 0 Å². The maximum absolute atomic E-state index is 13.1. The van der Waals surface area contributed by atoms with Gasteiger partial charge in [-0.25, -0.2) is 4.79 Å². The Kier molecular flexibility index (Phi) is 6.46. The van der Waals surface area contributed by atoms with Gasteiger partial charge in [0.2, 0.25) is 0 Å². The van der Waals surface area contributed by atoms with E-state index in [4.69, 9.17) is 17.0 Å². The zero-order chi connectivity index (χ0) is 19.4. The monoisotopic (exact) mass is 417 g/mol. The molecule has 27 heavy (non-hydrogen) atoms. The summed E-state index contributed by atoms with van der Waals surface area (Å²) in [6.45, 7) is 4.23. The first-order valence-electron chi connectivity index (χ1n) is 8.55. The second-order valence-corrected chi connectivity index (χ2v) is 8.62. The minimum absolute atomic E-state index is 0.264. The number of aryl methyl sites for hydroxylation is 1. The van der Waals surface area contributed by atoms with Crippen molar-refractivity contribution in [1.82, 2.24) is 4.90 Å². The van der Waals surface area contributed by atoms with Crippen LogP contribution < -0.4 is 0 Å². The van der Waals surface area contributed by atoms with E-state index in [1.165, 1.54) is 16.7 Å². The van der Waals surface area contributed by atoms with Gasteiger partial charge in [0.25, 0.3) is 5.91 Å². The van der Waals surface area contributed by atoms with Crippen LogP contribution in [0.25, 0.3) is 6.08 Å². The van der Waals surface area contributed by atoms with Gasteiger partial charge in [-0.3, -0.25) is 9.69 Å². The van der Waals surface area contributed by atoms with E-state index in [2.05, 4.69) is 0 Å². The molecule has 1 amide bonds. The summed E-state index contributed by atoms with van der Waals surface area (Å²) in [5.41, 5.74) is 1.79. The topological polar surface area (TPSA) is 46.6 Å². The molecule has 0 aliphatic carbocycles. The number of thiophene rings is 1. The molecular weight excluding hydrogens is 398 g/mol. The molecule has 1 fully saturated rings. The summed E-state index contributed by atoms with van der Waals surface area (Å²) in [4.78, 5) is 28.8. The second-order valence-electron chi connectivity index (χ2n) is 6.00. The lowest BCUT2D eigenvalue weighted by atomic mass is 10.1. The van der Waals surface area contributed by atoms with Crippen molar-refractivity contribution < 1.29 is 14.3 Å². The van der Waals surface area contributed by atoms with E-state index in [1.54, 1.807) is 11.3 Å². The van der Waals surface area contributed by atoms with Crippen molar-refractivity contribution in [2.24, 2.45) is 0 Å². The molecule has 7 heteroatoms. The molecule has 0 saturated carbocycles. The maximum Gasteiger partial charge on any atom is 0.333 e. The Hall–Kier alpha value is -1.96. The van der Waals surface area contributed by atoms with Crippen molar-refractivity contribution in [2.75, 3.05) is 6.61 Å². The predicted octanol–water partition coefficient (Wildman–Crippen LogP) is 4.95. The molecule has 3 rings (SSSR count). The zero-order valence-corrected chi connectivity index (χ0v) is 17.5. The molecular formula is C20H19NO3S3. The summed E-state index contributed by atoms with van der Waals surface area (Å²) in [7, 11) is 0. The molecule has 1 aromatic heterocycles. The van der Waals surface area contributed by atoms with E-state index in [1.807, 2.05) is 61.7 Å². The van der Waals surface area contributed by atoms with Crippen molar-refractivity contribution in [3.05, 3.63) is 62.7 Å². The van der Waals surface area contributed by atoms with Crippen LogP contribution in [0.15, 0.2) is 46.7 Å². The predicted molar refractivity (Wildman–Crippen MR) is 115 cm³/mol. The standard InChI is InChI=1S/C20H19NO3S3/c1-3-10-24-19(23)17(14-7-5-4-6-8-14)21-18(22)16(27-20(21)25)12-15-13(2)9-11-26-15/h4-9,11-12,17H,3,10H2,1-2H3/b16-12+.